The molecule has 0 aliphatic carbocycles. The molecule has 3 aliphatic rings. The number of nitrogens with zero attached hydrogens (tertiary/aromatic N) is 3. The largest absolute Gasteiger partial charge is 0.432 e. The van der Waals surface area contributed by atoms with Gasteiger partial charge in [0.2, 0.25) is 0 Å². The van der Waals surface area contributed by atoms with E-state index in [4.69, 9.17) is 4.42 Å². The number of pyridine rings is 1. The SMILES string of the molecule is O=C(NC1CN2CCC1CC2)c1ncc(-c2cnccc2F)o1. The number of halogens is 1. The molecule has 0 radical (unpaired) electrons. The van der Waals surface area contributed by atoms with Gasteiger partial charge in [-0.05, 0) is 37.9 Å². The van der Waals surface area contributed by atoms with Gasteiger partial charge in [0.25, 0.3) is 5.89 Å². The molecule has 23 heavy (non-hydrogen) atoms. The summed E-state index contributed by atoms with van der Waals surface area (Å²) in [6.07, 6.45) is 6.29. The maximum absolute atomic E-state index is 13.7. The van der Waals surface area contributed by atoms with Crippen molar-refractivity contribution in [3.05, 3.63) is 36.4 Å². The number of hydrogen-bond acceptors (Lipinski definition) is 5. The zero-order valence-electron chi connectivity index (χ0n) is 12.5. The summed E-state index contributed by atoms with van der Waals surface area (Å²) >= 11 is 0. The molecule has 1 atom stereocenters. The summed E-state index contributed by atoms with van der Waals surface area (Å²) in [6, 6.07) is 1.38. The Morgan fingerprint density at radius 2 is 2.17 bits per heavy atom. The van der Waals surface area contributed by atoms with Crippen LogP contribution in [0.3, 0.4) is 0 Å². The maximum atomic E-state index is 13.7. The number of carbonyl (C=O) groups excluding carboxylic acids is 1. The highest BCUT2D eigenvalue weighted by atomic mass is 19.1. The Labute approximate surface area is 132 Å². The lowest BCUT2D eigenvalue weighted by molar-refractivity contribution is 0.0602. The highest BCUT2D eigenvalue weighted by molar-refractivity contribution is 5.90. The lowest BCUT2D eigenvalue weighted by Crippen LogP contribution is -2.57. The Bertz CT molecular complexity index is 724. The summed E-state index contributed by atoms with van der Waals surface area (Å²) in [5.74, 6) is -0.122. The predicted molar refractivity (Wildman–Crippen MR) is 80.1 cm³/mol. The number of fused-ring (bicyclic) bond motifs is 3. The van der Waals surface area contributed by atoms with Gasteiger partial charge in [0.15, 0.2) is 5.76 Å². The van der Waals surface area contributed by atoms with E-state index in [9.17, 15) is 9.18 Å². The zero-order valence-corrected chi connectivity index (χ0v) is 12.5. The van der Waals surface area contributed by atoms with Gasteiger partial charge in [-0.2, -0.15) is 0 Å². The molecular weight excluding hydrogens is 299 g/mol. The van der Waals surface area contributed by atoms with Gasteiger partial charge in [0.1, 0.15) is 5.82 Å². The molecule has 1 unspecified atom stereocenters. The van der Waals surface area contributed by atoms with Crippen LogP contribution in [0.5, 0.6) is 0 Å². The zero-order chi connectivity index (χ0) is 15.8. The third-order valence-corrected chi connectivity index (χ3v) is 4.71. The van der Waals surface area contributed by atoms with E-state index in [1.807, 2.05) is 0 Å². The Balaban J connectivity index is 1.48. The minimum atomic E-state index is -0.458. The molecule has 2 aromatic heterocycles. The van der Waals surface area contributed by atoms with Crippen LogP contribution in [0.1, 0.15) is 23.5 Å². The molecule has 120 valence electrons. The van der Waals surface area contributed by atoms with E-state index in [1.165, 1.54) is 24.7 Å². The molecule has 1 N–H and O–H groups in total. The maximum Gasteiger partial charge on any atom is 0.307 e. The van der Waals surface area contributed by atoms with Crippen LogP contribution < -0.4 is 5.32 Å². The monoisotopic (exact) mass is 316 g/mol. The summed E-state index contributed by atoms with van der Waals surface area (Å²) in [4.78, 5) is 22.5. The summed E-state index contributed by atoms with van der Waals surface area (Å²) < 4.78 is 19.1. The molecule has 2 aromatic rings. The van der Waals surface area contributed by atoms with Crippen molar-refractivity contribution in [2.75, 3.05) is 19.6 Å². The van der Waals surface area contributed by atoms with E-state index >= 15 is 0 Å². The van der Waals surface area contributed by atoms with Crippen molar-refractivity contribution in [2.24, 2.45) is 5.92 Å². The van der Waals surface area contributed by atoms with Crippen molar-refractivity contribution in [2.45, 2.75) is 18.9 Å². The van der Waals surface area contributed by atoms with Crippen LogP contribution in [0.15, 0.2) is 29.1 Å². The second kappa shape index (κ2) is 5.73. The van der Waals surface area contributed by atoms with Crippen molar-refractivity contribution in [1.82, 2.24) is 20.2 Å². The van der Waals surface area contributed by atoms with Crippen LogP contribution in [-0.2, 0) is 0 Å². The number of aromatic nitrogens is 2. The molecule has 5 rings (SSSR count). The van der Waals surface area contributed by atoms with E-state index in [0.29, 0.717) is 5.92 Å². The summed E-state index contributed by atoms with van der Waals surface area (Å²) in [7, 11) is 0. The van der Waals surface area contributed by atoms with E-state index in [2.05, 4.69) is 20.2 Å². The predicted octanol–water partition coefficient (Wildman–Crippen LogP) is 1.70. The van der Waals surface area contributed by atoms with Gasteiger partial charge in [-0.25, -0.2) is 9.37 Å². The van der Waals surface area contributed by atoms with Gasteiger partial charge in [-0.1, -0.05) is 0 Å². The molecule has 0 saturated carbocycles. The lowest BCUT2D eigenvalue weighted by atomic mass is 9.84. The topological polar surface area (TPSA) is 71.3 Å². The molecule has 2 bridgehead atoms. The Hall–Kier alpha value is -2.28. The first-order chi connectivity index (χ1) is 11.2. The molecule has 5 heterocycles. The van der Waals surface area contributed by atoms with Crippen LogP contribution in [0.4, 0.5) is 4.39 Å². The van der Waals surface area contributed by atoms with E-state index in [1.54, 1.807) is 0 Å². The molecule has 0 aromatic carbocycles. The third kappa shape index (κ3) is 2.72. The van der Waals surface area contributed by atoms with Crippen LogP contribution >= 0.6 is 0 Å². The van der Waals surface area contributed by atoms with Crippen LogP contribution in [0.2, 0.25) is 0 Å². The first kappa shape index (κ1) is 14.3. The molecule has 7 heteroatoms. The first-order valence-electron chi connectivity index (χ1n) is 7.79. The fraction of sp³-hybridized carbons (Fsp3) is 0.438. The fourth-order valence-corrected chi connectivity index (χ4v) is 3.42. The summed E-state index contributed by atoms with van der Waals surface area (Å²) in [6.45, 7) is 3.10. The number of nitrogens with one attached hydrogen (secondary N) is 1. The summed E-state index contributed by atoms with van der Waals surface area (Å²) in [5, 5.41) is 3.00. The van der Waals surface area contributed by atoms with Crippen LogP contribution in [0, 0.1) is 11.7 Å². The first-order valence-corrected chi connectivity index (χ1v) is 7.79. The summed E-state index contributed by atoms with van der Waals surface area (Å²) in [5.41, 5.74) is 0.196. The fourth-order valence-electron chi connectivity index (χ4n) is 3.42. The molecule has 3 aliphatic heterocycles. The second-order valence-corrected chi connectivity index (χ2v) is 6.10. The molecule has 6 nitrogen and oxygen atoms in total. The molecule has 1 amide bonds. The molecule has 3 fully saturated rings. The number of piperidine rings is 3. The quantitative estimate of drug-likeness (QED) is 0.933. The minimum absolute atomic E-state index is 0.0419. The Kier molecular flexibility index (Phi) is 3.57. The van der Waals surface area contributed by atoms with Crippen molar-refractivity contribution in [1.29, 1.82) is 0 Å². The van der Waals surface area contributed by atoms with E-state index in [-0.39, 0.29) is 29.2 Å². The normalized spacial score (nSPS) is 26.2. The third-order valence-electron chi connectivity index (χ3n) is 4.71. The molecule has 3 saturated heterocycles. The van der Waals surface area contributed by atoms with Gasteiger partial charge < -0.3 is 14.6 Å². The van der Waals surface area contributed by atoms with Gasteiger partial charge in [-0.3, -0.25) is 9.78 Å². The smallest absolute Gasteiger partial charge is 0.307 e. The van der Waals surface area contributed by atoms with E-state index in [0.717, 1.165) is 32.5 Å². The van der Waals surface area contributed by atoms with Gasteiger partial charge in [0, 0.05) is 25.0 Å². The van der Waals surface area contributed by atoms with Gasteiger partial charge in [-0.15, -0.1) is 0 Å². The lowest BCUT2D eigenvalue weighted by Gasteiger charge is -2.44. The standard InChI is InChI=1S/C16H17FN4O2/c17-12-1-4-18-7-11(12)14-8-19-16(23-14)15(22)20-13-9-21-5-2-10(13)3-6-21/h1,4,7-8,10,13H,2-3,5-6,9H2,(H,20,22). The number of oxazole rings is 1. The van der Waals surface area contributed by atoms with Crippen LogP contribution in [0.25, 0.3) is 11.3 Å². The van der Waals surface area contributed by atoms with E-state index < -0.39 is 5.82 Å². The number of amides is 1. The van der Waals surface area contributed by atoms with Crippen molar-refractivity contribution >= 4 is 5.91 Å². The average Bonchev–Trinajstić information content (AvgIpc) is 3.06. The number of hydrogen-bond donors (Lipinski definition) is 1. The molecular formula is C16H17FN4O2. The van der Waals surface area contributed by atoms with Crippen molar-refractivity contribution in [3.63, 3.8) is 0 Å². The minimum Gasteiger partial charge on any atom is -0.432 e. The van der Waals surface area contributed by atoms with Crippen LogP contribution in [-0.4, -0.2) is 46.5 Å². The average molecular weight is 316 g/mol. The highest BCUT2D eigenvalue weighted by Crippen LogP contribution is 2.28. The number of rotatable bonds is 3. The molecule has 0 spiro atoms. The van der Waals surface area contributed by atoms with Gasteiger partial charge >= 0.3 is 5.91 Å². The Morgan fingerprint density at radius 3 is 2.87 bits per heavy atom. The second-order valence-electron chi connectivity index (χ2n) is 6.10. The number of carbonyl (C=O) groups is 1. The van der Waals surface area contributed by atoms with Crippen molar-refractivity contribution in [3.8, 4) is 11.3 Å². The van der Waals surface area contributed by atoms with Crippen molar-refractivity contribution < 1.29 is 13.6 Å². The Morgan fingerprint density at radius 1 is 1.35 bits per heavy atom. The van der Waals surface area contributed by atoms with Gasteiger partial charge in [0.05, 0.1) is 11.8 Å². The highest BCUT2D eigenvalue weighted by Gasteiger charge is 2.35.